The van der Waals surface area contributed by atoms with E-state index in [1.54, 1.807) is 17.0 Å². The van der Waals surface area contributed by atoms with E-state index in [-0.39, 0.29) is 42.2 Å². The predicted molar refractivity (Wildman–Crippen MR) is 101 cm³/mol. The highest BCUT2D eigenvalue weighted by Gasteiger charge is 2.29. The Kier molecular flexibility index (Phi) is 4.21. The lowest BCUT2D eigenvalue weighted by Gasteiger charge is -2.30. The largest absolute Gasteiger partial charge is 0.482 e. The smallest absolute Gasteiger partial charge is 0.287 e. The van der Waals surface area contributed by atoms with Gasteiger partial charge in [-0.2, -0.15) is 0 Å². The quantitative estimate of drug-likeness (QED) is 0.898. The number of benzene rings is 1. The maximum atomic E-state index is 12.5. The van der Waals surface area contributed by atoms with Gasteiger partial charge in [0, 0.05) is 6.04 Å². The van der Waals surface area contributed by atoms with Crippen LogP contribution >= 0.6 is 0 Å². The van der Waals surface area contributed by atoms with Crippen molar-refractivity contribution >= 4 is 17.5 Å². The van der Waals surface area contributed by atoms with Crippen LogP contribution in [0.25, 0.3) is 0 Å². The van der Waals surface area contributed by atoms with Crippen LogP contribution in [0.5, 0.6) is 5.75 Å². The zero-order valence-electron chi connectivity index (χ0n) is 15.9. The molecule has 1 N–H and O–H groups in total. The Morgan fingerprint density at radius 1 is 1.22 bits per heavy atom. The highest BCUT2D eigenvalue weighted by atomic mass is 16.5. The molecule has 0 bridgehead atoms. The molecule has 27 heavy (non-hydrogen) atoms. The number of nitrogens with zero attached hydrogens (tertiary/aromatic N) is 1. The molecule has 0 atom stereocenters. The number of anilines is 1. The molecule has 142 valence electrons. The van der Waals surface area contributed by atoms with Crippen molar-refractivity contribution in [3.8, 4) is 5.75 Å². The number of carbonyl (C=O) groups excluding carboxylic acids is 2. The van der Waals surface area contributed by atoms with E-state index in [4.69, 9.17) is 9.15 Å². The van der Waals surface area contributed by atoms with E-state index in [1.165, 1.54) is 0 Å². The van der Waals surface area contributed by atoms with E-state index in [0.717, 1.165) is 24.1 Å². The number of fused-ring (bicyclic) bond motifs is 1. The van der Waals surface area contributed by atoms with Crippen LogP contribution in [0, 0.1) is 0 Å². The minimum absolute atomic E-state index is 0.00238. The molecule has 0 unspecified atom stereocenters. The van der Waals surface area contributed by atoms with E-state index < -0.39 is 0 Å². The van der Waals surface area contributed by atoms with Crippen LogP contribution in [0.3, 0.4) is 0 Å². The fourth-order valence-electron chi connectivity index (χ4n) is 3.07. The second-order valence-electron chi connectivity index (χ2n) is 8.21. The zero-order valence-corrected chi connectivity index (χ0v) is 15.9. The molecule has 6 nitrogen and oxygen atoms in total. The molecule has 0 radical (unpaired) electrons. The molecule has 1 saturated carbocycles. The number of amides is 2. The summed E-state index contributed by atoms with van der Waals surface area (Å²) in [5, 5.41) is 2.90. The van der Waals surface area contributed by atoms with E-state index in [1.807, 2.05) is 18.2 Å². The Hall–Kier alpha value is -2.76. The van der Waals surface area contributed by atoms with Crippen LogP contribution < -0.4 is 15.0 Å². The first kappa shape index (κ1) is 17.6. The number of rotatable bonds is 4. The number of carbonyl (C=O) groups is 2. The van der Waals surface area contributed by atoms with Gasteiger partial charge in [-0.3, -0.25) is 14.5 Å². The lowest BCUT2D eigenvalue weighted by molar-refractivity contribution is -0.121. The molecule has 0 saturated heterocycles. The summed E-state index contributed by atoms with van der Waals surface area (Å²) in [6.45, 7) is 6.64. The minimum atomic E-state index is -0.201. The average Bonchev–Trinajstić information content (AvgIpc) is 3.30. The second-order valence-corrected chi connectivity index (χ2v) is 8.21. The summed E-state index contributed by atoms with van der Waals surface area (Å²) >= 11 is 0. The summed E-state index contributed by atoms with van der Waals surface area (Å²) in [6, 6.07) is 9.61. The lowest BCUT2D eigenvalue weighted by Crippen LogP contribution is -2.38. The number of ether oxygens (including phenoxy) is 1. The SMILES string of the molecule is CC(C)(C)c1ccc2c(c1)N(Cc1ccc(C(=O)NC3CC3)o1)C(=O)CO2. The van der Waals surface area contributed by atoms with Crippen molar-refractivity contribution in [2.45, 2.75) is 51.6 Å². The molecule has 1 aliphatic carbocycles. The molecule has 0 spiro atoms. The number of furan rings is 1. The first-order chi connectivity index (χ1) is 12.8. The van der Waals surface area contributed by atoms with Crippen molar-refractivity contribution < 1.29 is 18.7 Å². The maximum Gasteiger partial charge on any atom is 0.287 e. The Labute approximate surface area is 158 Å². The van der Waals surface area contributed by atoms with Gasteiger partial charge in [-0.05, 0) is 48.1 Å². The van der Waals surface area contributed by atoms with Crippen LogP contribution in [0.1, 0.15) is 55.5 Å². The number of hydrogen-bond donors (Lipinski definition) is 1. The maximum absolute atomic E-state index is 12.5. The van der Waals surface area contributed by atoms with Crippen LogP contribution in [0.15, 0.2) is 34.7 Å². The van der Waals surface area contributed by atoms with Crippen molar-refractivity contribution in [3.63, 3.8) is 0 Å². The third kappa shape index (κ3) is 3.70. The topological polar surface area (TPSA) is 71.8 Å². The van der Waals surface area contributed by atoms with Gasteiger partial charge in [0.15, 0.2) is 12.4 Å². The molecule has 1 aromatic heterocycles. The summed E-state index contributed by atoms with van der Waals surface area (Å²) in [5.74, 6) is 1.20. The Bertz CT molecular complexity index is 890. The normalized spacial score (nSPS) is 16.7. The fourth-order valence-corrected chi connectivity index (χ4v) is 3.07. The third-order valence-electron chi connectivity index (χ3n) is 4.88. The number of nitrogens with one attached hydrogen (secondary N) is 1. The number of hydrogen-bond acceptors (Lipinski definition) is 4. The van der Waals surface area contributed by atoms with Crippen molar-refractivity contribution in [2.24, 2.45) is 0 Å². The van der Waals surface area contributed by atoms with E-state index in [9.17, 15) is 9.59 Å². The van der Waals surface area contributed by atoms with E-state index >= 15 is 0 Å². The molecular weight excluding hydrogens is 344 g/mol. The van der Waals surface area contributed by atoms with Crippen LogP contribution in [0.2, 0.25) is 0 Å². The molecule has 2 heterocycles. The van der Waals surface area contributed by atoms with Crippen LogP contribution in [-0.2, 0) is 16.8 Å². The molecule has 1 aromatic carbocycles. The summed E-state index contributed by atoms with van der Waals surface area (Å²) in [4.78, 5) is 26.3. The minimum Gasteiger partial charge on any atom is -0.482 e. The molecule has 1 fully saturated rings. The van der Waals surface area contributed by atoms with Gasteiger partial charge in [0.05, 0.1) is 12.2 Å². The standard InChI is InChI=1S/C21H24N2O4/c1-21(2,3)13-4-8-17-16(10-13)23(19(24)12-26-17)11-15-7-9-18(27-15)20(25)22-14-5-6-14/h4,7-10,14H,5-6,11-12H2,1-3H3,(H,22,25). The fraction of sp³-hybridized carbons (Fsp3) is 0.429. The summed E-state index contributed by atoms with van der Waals surface area (Å²) < 4.78 is 11.3. The second kappa shape index (κ2) is 6.44. The molecule has 4 rings (SSSR count). The van der Waals surface area contributed by atoms with Crippen molar-refractivity contribution in [2.75, 3.05) is 11.5 Å². The molecule has 6 heteroatoms. The van der Waals surface area contributed by atoms with Crippen LogP contribution in [0.4, 0.5) is 5.69 Å². The van der Waals surface area contributed by atoms with Gasteiger partial charge in [-0.1, -0.05) is 26.8 Å². The molecule has 2 aliphatic rings. The average molecular weight is 368 g/mol. The van der Waals surface area contributed by atoms with Gasteiger partial charge >= 0.3 is 0 Å². The molecule has 1 aliphatic heterocycles. The Morgan fingerprint density at radius 2 is 2.00 bits per heavy atom. The zero-order chi connectivity index (χ0) is 19.2. The van der Waals surface area contributed by atoms with Gasteiger partial charge < -0.3 is 14.5 Å². The first-order valence-electron chi connectivity index (χ1n) is 9.28. The van der Waals surface area contributed by atoms with Gasteiger partial charge in [-0.25, -0.2) is 0 Å². The Balaban J connectivity index is 1.58. The lowest BCUT2D eigenvalue weighted by atomic mass is 9.86. The van der Waals surface area contributed by atoms with Crippen molar-refractivity contribution in [3.05, 3.63) is 47.4 Å². The van der Waals surface area contributed by atoms with Crippen LogP contribution in [-0.4, -0.2) is 24.5 Å². The Morgan fingerprint density at radius 3 is 2.70 bits per heavy atom. The summed E-state index contributed by atoms with van der Waals surface area (Å²) in [7, 11) is 0. The highest BCUT2D eigenvalue weighted by molar-refractivity contribution is 5.98. The van der Waals surface area contributed by atoms with E-state index in [2.05, 4.69) is 26.1 Å². The monoisotopic (exact) mass is 368 g/mol. The molecular formula is C21H24N2O4. The third-order valence-corrected chi connectivity index (χ3v) is 4.88. The van der Waals surface area contributed by atoms with E-state index in [0.29, 0.717) is 11.5 Å². The van der Waals surface area contributed by atoms with Gasteiger partial charge in [0.1, 0.15) is 11.5 Å². The summed E-state index contributed by atoms with van der Waals surface area (Å²) in [5.41, 5.74) is 1.81. The van der Waals surface area contributed by atoms with Crippen molar-refractivity contribution in [1.82, 2.24) is 5.32 Å². The van der Waals surface area contributed by atoms with Gasteiger partial charge in [0.25, 0.3) is 11.8 Å². The molecule has 2 amide bonds. The highest BCUT2D eigenvalue weighted by Crippen LogP contribution is 2.37. The van der Waals surface area contributed by atoms with Gasteiger partial charge in [0.2, 0.25) is 0 Å². The molecule has 2 aromatic rings. The predicted octanol–water partition coefficient (Wildman–Crippen LogP) is 3.39. The summed E-state index contributed by atoms with van der Waals surface area (Å²) in [6.07, 6.45) is 2.04. The van der Waals surface area contributed by atoms with Crippen molar-refractivity contribution in [1.29, 1.82) is 0 Å². The first-order valence-corrected chi connectivity index (χ1v) is 9.28. The van der Waals surface area contributed by atoms with Gasteiger partial charge in [-0.15, -0.1) is 0 Å².